The van der Waals surface area contributed by atoms with Gasteiger partial charge in [0.2, 0.25) is 0 Å². The summed E-state index contributed by atoms with van der Waals surface area (Å²) < 4.78 is 51.4. The largest absolute Gasteiger partial charge is 0.487 e. The fraction of sp³-hybridized carbons (Fsp3) is 0.273. The minimum Gasteiger partial charge on any atom is -0.487 e. The number of benzene rings is 2. The van der Waals surface area contributed by atoms with Crippen LogP contribution in [0.15, 0.2) is 47.0 Å². The quantitative estimate of drug-likeness (QED) is 0.669. The lowest BCUT2D eigenvalue weighted by Gasteiger charge is -2.16. The Balaban J connectivity index is 1.55. The standard InChI is InChI=1S/C22H19F3N2O3/c1-12-19(13(2)30-27-12)21(28)26-11-15-10-14-6-5-8-17(20(14)29-15)16-7-3-4-9-18(16)22(23,24)25/h3-9,15H,10-11H2,1-2H3,(H,26,28)/t15-/m1/s1. The molecular formula is C22H19F3N2O3. The summed E-state index contributed by atoms with van der Waals surface area (Å²) in [7, 11) is 0. The Labute approximate surface area is 170 Å². The molecule has 0 saturated heterocycles. The highest BCUT2D eigenvalue weighted by molar-refractivity contribution is 5.96. The third kappa shape index (κ3) is 3.65. The number of aryl methyl sites for hydroxylation is 2. The number of para-hydroxylation sites is 1. The van der Waals surface area contributed by atoms with Crippen LogP contribution in [0.5, 0.6) is 5.75 Å². The predicted octanol–water partition coefficient (Wildman–Crippen LogP) is 4.71. The van der Waals surface area contributed by atoms with E-state index in [4.69, 9.17) is 9.26 Å². The fourth-order valence-electron chi connectivity index (χ4n) is 3.73. The molecule has 2 heterocycles. The van der Waals surface area contributed by atoms with Gasteiger partial charge in [-0.2, -0.15) is 13.2 Å². The summed E-state index contributed by atoms with van der Waals surface area (Å²) in [5.41, 5.74) is 1.43. The van der Waals surface area contributed by atoms with Gasteiger partial charge < -0.3 is 14.6 Å². The summed E-state index contributed by atoms with van der Waals surface area (Å²) in [6.07, 6.45) is -4.37. The number of ether oxygens (including phenoxy) is 1. The number of hydrogen-bond donors (Lipinski definition) is 1. The van der Waals surface area contributed by atoms with Crippen LogP contribution < -0.4 is 10.1 Å². The molecule has 0 spiro atoms. The second-order valence-electron chi connectivity index (χ2n) is 7.19. The molecule has 0 radical (unpaired) electrons. The van der Waals surface area contributed by atoms with Crippen molar-refractivity contribution in [3.8, 4) is 16.9 Å². The van der Waals surface area contributed by atoms with E-state index in [0.29, 0.717) is 34.8 Å². The van der Waals surface area contributed by atoms with Gasteiger partial charge in [-0.1, -0.05) is 41.6 Å². The molecule has 8 heteroatoms. The number of rotatable bonds is 4. The van der Waals surface area contributed by atoms with Gasteiger partial charge in [0.1, 0.15) is 23.2 Å². The number of carbonyl (C=O) groups is 1. The van der Waals surface area contributed by atoms with Gasteiger partial charge >= 0.3 is 6.18 Å². The summed E-state index contributed by atoms with van der Waals surface area (Å²) in [4.78, 5) is 12.4. The molecule has 1 N–H and O–H groups in total. The Morgan fingerprint density at radius 3 is 2.57 bits per heavy atom. The molecule has 1 aromatic heterocycles. The van der Waals surface area contributed by atoms with Gasteiger partial charge in [0.05, 0.1) is 17.8 Å². The van der Waals surface area contributed by atoms with E-state index < -0.39 is 11.7 Å². The number of aromatic nitrogens is 1. The van der Waals surface area contributed by atoms with Gasteiger partial charge in [-0.05, 0) is 31.0 Å². The van der Waals surface area contributed by atoms with Crippen molar-refractivity contribution in [2.75, 3.05) is 6.54 Å². The predicted molar refractivity (Wildman–Crippen MR) is 103 cm³/mol. The highest BCUT2D eigenvalue weighted by Gasteiger charge is 2.35. The first-order valence-electron chi connectivity index (χ1n) is 9.42. The van der Waals surface area contributed by atoms with E-state index in [0.717, 1.165) is 11.6 Å². The molecule has 0 unspecified atom stereocenters. The third-order valence-corrected chi connectivity index (χ3v) is 5.10. The molecule has 4 rings (SSSR count). The summed E-state index contributed by atoms with van der Waals surface area (Å²) in [5.74, 6) is 0.519. The van der Waals surface area contributed by atoms with Gasteiger partial charge in [0, 0.05) is 12.0 Å². The van der Waals surface area contributed by atoms with Crippen molar-refractivity contribution in [3.63, 3.8) is 0 Å². The maximum Gasteiger partial charge on any atom is 0.417 e. The number of fused-ring (bicyclic) bond motifs is 1. The van der Waals surface area contributed by atoms with Crippen LogP contribution in [0.2, 0.25) is 0 Å². The number of halogens is 3. The maximum atomic E-state index is 13.5. The first kappa shape index (κ1) is 20.0. The van der Waals surface area contributed by atoms with Gasteiger partial charge in [-0.15, -0.1) is 0 Å². The van der Waals surface area contributed by atoms with Crippen LogP contribution in [-0.4, -0.2) is 23.7 Å². The van der Waals surface area contributed by atoms with Crippen LogP contribution in [0, 0.1) is 13.8 Å². The zero-order chi connectivity index (χ0) is 21.5. The van der Waals surface area contributed by atoms with Crippen molar-refractivity contribution in [3.05, 3.63) is 70.6 Å². The minimum atomic E-state index is -4.47. The van der Waals surface area contributed by atoms with Gasteiger partial charge in [-0.25, -0.2) is 0 Å². The van der Waals surface area contributed by atoms with E-state index in [-0.39, 0.29) is 24.1 Å². The summed E-state index contributed by atoms with van der Waals surface area (Å²) in [6, 6.07) is 10.6. The molecule has 0 bridgehead atoms. The summed E-state index contributed by atoms with van der Waals surface area (Å²) in [6.45, 7) is 3.54. The molecule has 5 nitrogen and oxygen atoms in total. The van der Waals surface area contributed by atoms with Crippen molar-refractivity contribution in [2.45, 2.75) is 32.5 Å². The zero-order valence-electron chi connectivity index (χ0n) is 16.3. The van der Waals surface area contributed by atoms with Crippen LogP contribution in [0.25, 0.3) is 11.1 Å². The Hall–Kier alpha value is -3.29. The van der Waals surface area contributed by atoms with Crippen molar-refractivity contribution < 1.29 is 27.2 Å². The Morgan fingerprint density at radius 1 is 1.13 bits per heavy atom. The molecule has 3 aromatic rings. The molecule has 0 fully saturated rings. The Bertz CT molecular complexity index is 1090. The van der Waals surface area contributed by atoms with Crippen LogP contribution in [-0.2, 0) is 12.6 Å². The molecule has 156 valence electrons. The molecular weight excluding hydrogens is 397 g/mol. The molecule has 1 amide bonds. The SMILES string of the molecule is Cc1noc(C)c1C(=O)NC[C@H]1Cc2cccc(-c3ccccc3C(F)(F)F)c2O1. The lowest BCUT2D eigenvalue weighted by atomic mass is 9.96. The van der Waals surface area contributed by atoms with E-state index in [9.17, 15) is 18.0 Å². The molecule has 30 heavy (non-hydrogen) atoms. The molecule has 1 aliphatic rings. The van der Waals surface area contributed by atoms with E-state index >= 15 is 0 Å². The average Bonchev–Trinajstić information content (AvgIpc) is 3.27. The van der Waals surface area contributed by atoms with Crippen molar-refractivity contribution in [2.24, 2.45) is 0 Å². The second-order valence-corrected chi connectivity index (χ2v) is 7.19. The van der Waals surface area contributed by atoms with E-state index in [1.54, 1.807) is 32.0 Å². The monoisotopic (exact) mass is 416 g/mol. The number of alkyl halides is 3. The second kappa shape index (κ2) is 7.51. The topological polar surface area (TPSA) is 64.4 Å². The smallest absolute Gasteiger partial charge is 0.417 e. The first-order chi connectivity index (χ1) is 14.3. The zero-order valence-corrected chi connectivity index (χ0v) is 16.3. The van der Waals surface area contributed by atoms with Crippen molar-refractivity contribution >= 4 is 5.91 Å². The number of hydrogen-bond acceptors (Lipinski definition) is 4. The third-order valence-electron chi connectivity index (χ3n) is 5.10. The maximum absolute atomic E-state index is 13.5. The first-order valence-corrected chi connectivity index (χ1v) is 9.42. The molecule has 1 atom stereocenters. The Kier molecular flexibility index (Phi) is 5.01. The van der Waals surface area contributed by atoms with Crippen molar-refractivity contribution in [1.29, 1.82) is 0 Å². The molecule has 0 saturated carbocycles. The number of nitrogens with zero attached hydrogens (tertiary/aromatic N) is 1. The van der Waals surface area contributed by atoms with E-state index in [1.165, 1.54) is 12.1 Å². The minimum absolute atomic E-state index is 0.0715. The number of nitrogens with one attached hydrogen (secondary N) is 1. The highest BCUT2D eigenvalue weighted by Crippen LogP contribution is 2.43. The molecule has 2 aromatic carbocycles. The lowest BCUT2D eigenvalue weighted by molar-refractivity contribution is -0.137. The van der Waals surface area contributed by atoms with Crippen LogP contribution in [0.1, 0.15) is 32.9 Å². The van der Waals surface area contributed by atoms with E-state index in [1.807, 2.05) is 6.07 Å². The van der Waals surface area contributed by atoms with Crippen molar-refractivity contribution in [1.82, 2.24) is 10.5 Å². The number of carbonyl (C=O) groups excluding carboxylic acids is 1. The van der Waals surface area contributed by atoms with E-state index in [2.05, 4.69) is 10.5 Å². The average molecular weight is 416 g/mol. The van der Waals surface area contributed by atoms with Crippen LogP contribution in [0.3, 0.4) is 0 Å². The molecule has 0 aliphatic carbocycles. The van der Waals surface area contributed by atoms with Gasteiger partial charge in [0.25, 0.3) is 5.91 Å². The molecule has 1 aliphatic heterocycles. The summed E-state index contributed by atoms with van der Waals surface area (Å²) >= 11 is 0. The lowest BCUT2D eigenvalue weighted by Crippen LogP contribution is -2.34. The van der Waals surface area contributed by atoms with Crippen LogP contribution >= 0.6 is 0 Å². The Morgan fingerprint density at radius 2 is 1.87 bits per heavy atom. The number of amides is 1. The highest BCUT2D eigenvalue weighted by atomic mass is 19.4. The summed E-state index contributed by atoms with van der Waals surface area (Å²) in [5, 5.41) is 6.56. The van der Waals surface area contributed by atoms with Gasteiger partial charge in [-0.3, -0.25) is 4.79 Å². The van der Waals surface area contributed by atoms with Crippen LogP contribution in [0.4, 0.5) is 13.2 Å². The van der Waals surface area contributed by atoms with Gasteiger partial charge in [0.15, 0.2) is 0 Å². The fourth-order valence-corrected chi connectivity index (χ4v) is 3.73. The normalized spacial score (nSPS) is 15.6.